The topological polar surface area (TPSA) is 0 Å². The molecule has 0 aliphatic heterocycles. The number of rotatable bonds is 13. The lowest BCUT2D eigenvalue weighted by Gasteiger charge is -2.02. The molecule has 1 aliphatic rings. The predicted molar refractivity (Wildman–Crippen MR) is 83.0 cm³/mol. The summed E-state index contributed by atoms with van der Waals surface area (Å²) in [5.74, 6) is 2.28. The number of hydrogen-bond donors (Lipinski definition) is 0. The SMILES string of the molecule is CCCCCCCCCC1CC1CCCCCC. The molecule has 1 aliphatic carbocycles. The molecule has 1 rings (SSSR count). The van der Waals surface area contributed by atoms with Crippen LogP contribution in [0, 0.1) is 11.8 Å². The largest absolute Gasteiger partial charge is 0.0654 e. The molecule has 2 atom stereocenters. The van der Waals surface area contributed by atoms with Crippen molar-refractivity contribution in [1.29, 1.82) is 0 Å². The van der Waals surface area contributed by atoms with Crippen molar-refractivity contribution in [3.63, 3.8) is 0 Å². The highest BCUT2D eigenvalue weighted by atomic mass is 14.4. The summed E-state index contributed by atoms with van der Waals surface area (Å²) >= 11 is 0. The Hall–Kier alpha value is 0. The molecule has 0 aromatic heterocycles. The number of hydrogen-bond acceptors (Lipinski definition) is 0. The van der Waals surface area contributed by atoms with Gasteiger partial charge in [-0.3, -0.25) is 0 Å². The van der Waals surface area contributed by atoms with Gasteiger partial charge in [0.2, 0.25) is 0 Å². The molecule has 18 heavy (non-hydrogen) atoms. The van der Waals surface area contributed by atoms with Crippen LogP contribution < -0.4 is 0 Å². The molecule has 1 saturated carbocycles. The first-order chi connectivity index (χ1) is 8.88. The van der Waals surface area contributed by atoms with E-state index in [1.807, 2.05) is 0 Å². The highest BCUT2D eigenvalue weighted by Crippen LogP contribution is 2.45. The quantitative estimate of drug-likeness (QED) is 0.319. The molecular weight excluding hydrogens is 216 g/mol. The molecular formula is C18H36. The molecule has 1 fully saturated rings. The molecule has 2 unspecified atom stereocenters. The van der Waals surface area contributed by atoms with Gasteiger partial charge in [0.1, 0.15) is 0 Å². The van der Waals surface area contributed by atoms with E-state index in [1.54, 1.807) is 19.3 Å². The van der Waals surface area contributed by atoms with Crippen molar-refractivity contribution in [2.45, 2.75) is 104 Å². The van der Waals surface area contributed by atoms with E-state index in [4.69, 9.17) is 0 Å². The zero-order valence-electron chi connectivity index (χ0n) is 13.1. The van der Waals surface area contributed by atoms with Crippen molar-refractivity contribution in [3.05, 3.63) is 0 Å². The van der Waals surface area contributed by atoms with Crippen LogP contribution in [0.15, 0.2) is 0 Å². The van der Waals surface area contributed by atoms with Crippen LogP contribution >= 0.6 is 0 Å². The van der Waals surface area contributed by atoms with Crippen LogP contribution in [0.3, 0.4) is 0 Å². The van der Waals surface area contributed by atoms with E-state index in [9.17, 15) is 0 Å². The highest BCUT2D eigenvalue weighted by molar-refractivity contribution is 4.85. The lowest BCUT2D eigenvalue weighted by molar-refractivity contribution is 0.518. The van der Waals surface area contributed by atoms with Gasteiger partial charge >= 0.3 is 0 Å². The molecule has 0 aromatic rings. The Morgan fingerprint density at radius 3 is 1.44 bits per heavy atom. The van der Waals surface area contributed by atoms with Crippen LogP contribution in [-0.2, 0) is 0 Å². The summed E-state index contributed by atoms with van der Waals surface area (Å²) in [5.41, 5.74) is 0. The van der Waals surface area contributed by atoms with E-state index in [1.165, 1.54) is 70.6 Å². The summed E-state index contributed by atoms with van der Waals surface area (Å²) in [7, 11) is 0. The molecule has 0 heterocycles. The Labute approximate surface area is 116 Å². The van der Waals surface area contributed by atoms with Gasteiger partial charge in [0.05, 0.1) is 0 Å². The summed E-state index contributed by atoms with van der Waals surface area (Å²) in [6.45, 7) is 4.61. The average molecular weight is 252 g/mol. The summed E-state index contributed by atoms with van der Waals surface area (Å²) in [4.78, 5) is 0. The Morgan fingerprint density at radius 2 is 0.944 bits per heavy atom. The fraction of sp³-hybridized carbons (Fsp3) is 1.00. The molecule has 0 radical (unpaired) electrons. The minimum absolute atomic E-state index is 1.14. The van der Waals surface area contributed by atoms with E-state index in [0.717, 1.165) is 11.8 Å². The molecule has 0 spiro atoms. The Morgan fingerprint density at radius 1 is 0.556 bits per heavy atom. The van der Waals surface area contributed by atoms with Crippen LogP contribution in [0.1, 0.15) is 104 Å². The predicted octanol–water partition coefficient (Wildman–Crippen LogP) is 6.73. The van der Waals surface area contributed by atoms with Gasteiger partial charge in [0, 0.05) is 0 Å². The second kappa shape index (κ2) is 10.9. The van der Waals surface area contributed by atoms with Crippen molar-refractivity contribution < 1.29 is 0 Å². The first-order valence-corrected chi connectivity index (χ1v) is 8.88. The maximum absolute atomic E-state index is 2.31. The van der Waals surface area contributed by atoms with Crippen LogP contribution in [0.2, 0.25) is 0 Å². The first kappa shape index (κ1) is 16.1. The summed E-state index contributed by atoms with van der Waals surface area (Å²) in [6, 6.07) is 0. The molecule has 0 saturated heterocycles. The first-order valence-electron chi connectivity index (χ1n) is 8.88. The van der Waals surface area contributed by atoms with Crippen molar-refractivity contribution >= 4 is 0 Å². The Bertz CT molecular complexity index is 173. The zero-order valence-corrected chi connectivity index (χ0v) is 13.1. The third-order valence-corrected chi connectivity index (χ3v) is 4.68. The van der Waals surface area contributed by atoms with Crippen molar-refractivity contribution in [3.8, 4) is 0 Å². The molecule has 0 heteroatoms. The number of unbranched alkanes of at least 4 members (excludes halogenated alkanes) is 9. The molecule has 0 nitrogen and oxygen atoms in total. The standard InChI is InChI=1S/C18H36/c1-3-5-7-9-10-11-13-15-18-16-17(18)14-12-8-6-4-2/h17-18H,3-16H2,1-2H3. The van der Waals surface area contributed by atoms with Gasteiger partial charge in [-0.25, -0.2) is 0 Å². The molecule has 0 N–H and O–H groups in total. The van der Waals surface area contributed by atoms with Gasteiger partial charge in [-0.2, -0.15) is 0 Å². The Balaban J connectivity index is 1.76. The van der Waals surface area contributed by atoms with Gasteiger partial charge in [-0.05, 0) is 18.3 Å². The molecule has 0 aromatic carbocycles. The fourth-order valence-corrected chi connectivity index (χ4v) is 3.21. The smallest absolute Gasteiger partial charge is 0.0383 e. The summed E-state index contributed by atoms with van der Waals surface area (Å²) < 4.78 is 0. The van der Waals surface area contributed by atoms with Crippen molar-refractivity contribution in [2.24, 2.45) is 11.8 Å². The maximum atomic E-state index is 2.31. The van der Waals surface area contributed by atoms with Crippen LogP contribution in [0.4, 0.5) is 0 Å². The summed E-state index contributed by atoms with van der Waals surface area (Å²) in [5, 5.41) is 0. The van der Waals surface area contributed by atoms with Crippen molar-refractivity contribution in [1.82, 2.24) is 0 Å². The van der Waals surface area contributed by atoms with E-state index in [-0.39, 0.29) is 0 Å². The molecule has 0 amide bonds. The third-order valence-electron chi connectivity index (χ3n) is 4.68. The fourth-order valence-electron chi connectivity index (χ4n) is 3.21. The summed E-state index contributed by atoms with van der Waals surface area (Å²) in [6.07, 6.45) is 20.8. The third kappa shape index (κ3) is 8.16. The van der Waals surface area contributed by atoms with Crippen LogP contribution in [0.25, 0.3) is 0 Å². The minimum atomic E-state index is 1.14. The second-order valence-corrected chi connectivity index (χ2v) is 6.52. The molecule has 108 valence electrons. The lowest BCUT2D eigenvalue weighted by Crippen LogP contribution is -1.86. The molecule has 0 bridgehead atoms. The average Bonchev–Trinajstić information content (AvgIpc) is 3.12. The second-order valence-electron chi connectivity index (χ2n) is 6.52. The van der Waals surface area contributed by atoms with E-state index in [2.05, 4.69) is 13.8 Å². The van der Waals surface area contributed by atoms with Gasteiger partial charge in [0.15, 0.2) is 0 Å². The highest BCUT2D eigenvalue weighted by Gasteiger charge is 2.34. The van der Waals surface area contributed by atoms with E-state index < -0.39 is 0 Å². The normalized spacial score (nSPS) is 22.3. The van der Waals surface area contributed by atoms with E-state index >= 15 is 0 Å². The van der Waals surface area contributed by atoms with Gasteiger partial charge in [0.25, 0.3) is 0 Å². The van der Waals surface area contributed by atoms with Crippen molar-refractivity contribution in [2.75, 3.05) is 0 Å². The van der Waals surface area contributed by atoms with Gasteiger partial charge < -0.3 is 0 Å². The van der Waals surface area contributed by atoms with E-state index in [0.29, 0.717) is 0 Å². The van der Waals surface area contributed by atoms with Gasteiger partial charge in [-0.15, -0.1) is 0 Å². The Kier molecular flexibility index (Phi) is 9.70. The van der Waals surface area contributed by atoms with Crippen LogP contribution in [-0.4, -0.2) is 0 Å². The minimum Gasteiger partial charge on any atom is -0.0654 e. The lowest BCUT2D eigenvalue weighted by atomic mass is 10.0. The maximum Gasteiger partial charge on any atom is -0.0383 e. The van der Waals surface area contributed by atoms with Gasteiger partial charge in [-0.1, -0.05) is 97.3 Å². The van der Waals surface area contributed by atoms with Crippen LogP contribution in [0.5, 0.6) is 0 Å². The zero-order chi connectivity index (χ0) is 13.1. The monoisotopic (exact) mass is 252 g/mol.